The quantitative estimate of drug-likeness (QED) is 0.586. The number of rotatable bonds is 7. The van der Waals surface area contributed by atoms with Crippen LogP contribution in [-0.4, -0.2) is 62.0 Å². The Bertz CT molecular complexity index is 953. The van der Waals surface area contributed by atoms with E-state index in [0.29, 0.717) is 12.1 Å². The van der Waals surface area contributed by atoms with Gasteiger partial charge >= 0.3 is 0 Å². The van der Waals surface area contributed by atoms with Crippen LogP contribution in [0.15, 0.2) is 53.0 Å². The number of para-hydroxylation sites is 1. The highest BCUT2D eigenvalue weighted by Gasteiger charge is 2.24. The Morgan fingerprint density at radius 3 is 2.42 bits per heavy atom. The SMILES string of the molecule is O=C(NC1CCN(c2ccccc2C(=O)NCCN2CCCCC2)CC1)c1cccc(Br)c1. The number of piperidine rings is 2. The van der Waals surface area contributed by atoms with Crippen LogP contribution in [0.25, 0.3) is 0 Å². The zero-order valence-corrected chi connectivity index (χ0v) is 20.6. The fourth-order valence-corrected chi connectivity index (χ4v) is 5.11. The lowest BCUT2D eigenvalue weighted by atomic mass is 10.0. The molecule has 33 heavy (non-hydrogen) atoms. The van der Waals surface area contributed by atoms with Crippen LogP contribution >= 0.6 is 15.9 Å². The number of hydrogen-bond donors (Lipinski definition) is 2. The number of nitrogens with one attached hydrogen (secondary N) is 2. The molecule has 0 aliphatic carbocycles. The summed E-state index contributed by atoms with van der Waals surface area (Å²) >= 11 is 3.42. The van der Waals surface area contributed by atoms with Crippen LogP contribution in [0.4, 0.5) is 5.69 Å². The smallest absolute Gasteiger partial charge is 0.253 e. The van der Waals surface area contributed by atoms with Gasteiger partial charge in [0, 0.05) is 47.9 Å². The van der Waals surface area contributed by atoms with Crippen LogP contribution in [0, 0.1) is 0 Å². The summed E-state index contributed by atoms with van der Waals surface area (Å²) in [5.41, 5.74) is 2.37. The predicted molar refractivity (Wildman–Crippen MR) is 136 cm³/mol. The van der Waals surface area contributed by atoms with Crippen molar-refractivity contribution in [3.05, 3.63) is 64.1 Å². The summed E-state index contributed by atoms with van der Waals surface area (Å²) in [7, 11) is 0. The number of carbonyl (C=O) groups is 2. The first-order valence-corrected chi connectivity index (χ1v) is 12.8. The van der Waals surface area contributed by atoms with E-state index in [4.69, 9.17) is 0 Å². The van der Waals surface area contributed by atoms with Crippen molar-refractivity contribution in [1.82, 2.24) is 15.5 Å². The number of benzene rings is 2. The highest BCUT2D eigenvalue weighted by atomic mass is 79.9. The minimum atomic E-state index is -0.0387. The molecule has 2 aromatic rings. The molecular weight excluding hydrogens is 480 g/mol. The van der Waals surface area contributed by atoms with E-state index in [1.54, 1.807) is 0 Å². The van der Waals surface area contributed by atoms with E-state index in [-0.39, 0.29) is 17.9 Å². The zero-order chi connectivity index (χ0) is 23.0. The molecular formula is C26H33BrN4O2. The Morgan fingerprint density at radius 1 is 0.909 bits per heavy atom. The third kappa shape index (κ3) is 6.58. The number of likely N-dealkylation sites (tertiary alicyclic amines) is 1. The molecule has 2 saturated heterocycles. The molecule has 0 atom stereocenters. The highest BCUT2D eigenvalue weighted by molar-refractivity contribution is 9.10. The van der Waals surface area contributed by atoms with Crippen molar-refractivity contribution in [2.75, 3.05) is 44.2 Å². The van der Waals surface area contributed by atoms with Crippen LogP contribution in [-0.2, 0) is 0 Å². The Morgan fingerprint density at radius 2 is 1.67 bits per heavy atom. The second-order valence-electron chi connectivity index (χ2n) is 8.92. The van der Waals surface area contributed by atoms with Gasteiger partial charge in [-0.15, -0.1) is 0 Å². The molecule has 0 radical (unpaired) electrons. The van der Waals surface area contributed by atoms with Gasteiger partial charge < -0.3 is 20.4 Å². The molecule has 2 fully saturated rings. The van der Waals surface area contributed by atoms with Gasteiger partial charge in [0.25, 0.3) is 11.8 Å². The van der Waals surface area contributed by atoms with Gasteiger partial charge in [-0.05, 0) is 69.1 Å². The maximum Gasteiger partial charge on any atom is 0.253 e. The largest absolute Gasteiger partial charge is 0.371 e. The summed E-state index contributed by atoms with van der Waals surface area (Å²) in [5, 5.41) is 6.28. The summed E-state index contributed by atoms with van der Waals surface area (Å²) in [5.74, 6) is -0.0454. The monoisotopic (exact) mass is 512 g/mol. The molecule has 2 aliphatic rings. The van der Waals surface area contributed by atoms with E-state index in [0.717, 1.165) is 61.3 Å². The van der Waals surface area contributed by atoms with Gasteiger partial charge in [0.1, 0.15) is 0 Å². The number of hydrogen-bond acceptors (Lipinski definition) is 4. The second-order valence-corrected chi connectivity index (χ2v) is 9.84. The first-order chi connectivity index (χ1) is 16.1. The van der Waals surface area contributed by atoms with Crippen molar-refractivity contribution < 1.29 is 9.59 Å². The van der Waals surface area contributed by atoms with E-state index >= 15 is 0 Å². The molecule has 2 N–H and O–H groups in total. The summed E-state index contributed by atoms with van der Waals surface area (Å²) in [6.45, 7) is 5.48. The molecule has 0 bridgehead atoms. The molecule has 0 aromatic heterocycles. The lowest BCUT2D eigenvalue weighted by Gasteiger charge is -2.35. The van der Waals surface area contributed by atoms with Crippen molar-refractivity contribution in [1.29, 1.82) is 0 Å². The average Bonchev–Trinajstić information content (AvgIpc) is 2.85. The number of halogens is 1. The molecule has 4 rings (SSSR count). The number of anilines is 1. The molecule has 0 unspecified atom stereocenters. The molecule has 176 valence electrons. The first-order valence-electron chi connectivity index (χ1n) is 12.0. The molecule has 7 heteroatoms. The van der Waals surface area contributed by atoms with Crippen LogP contribution < -0.4 is 15.5 Å². The maximum absolute atomic E-state index is 12.9. The van der Waals surface area contributed by atoms with Gasteiger partial charge in [-0.25, -0.2) is 0 Å². The average molecular weight is 513 g/mol. The molecule has 2 heterocycles. The van der Waals surface area contributed by atoms with Gasteiger partial charge in [0.05, 0.1) is 5.56 Å². The summed E-state index contributed by atoms with van der Waals surface area (Å²) in [4.78, 5) is 30.2. The van der Waals surface area contributed by atoms with E-state index < -0.39 is 0 Å². The minimum absolute atomic E-state index is 0.00677. The third-order valence-corrected chi connectivity index (χ3v) is 7.06. The standard InChI is InChI=1S/C26H33BrN4O2/c27-21-8-6-7-20(19-21)25(32)29-22-11-16-31(17-12-22)24-10-3-2-9-23(24)26(33)28-13-18-30-14-4-1-5-15-30/h2-3,6-10,19,22H,1,4-5,11-18H2,(H,28,33)(H,29,32). The van der Waals surface area contributed by atoms with Gasteiger partial charge in [-0.2, -0.15) is 0 Å². The van der Waals surface area contributed by atoms with Crippen molar-refractivity contribution in [2.45, 2.75) is 38.1 Å². The van der Waals surface area contributed by atoms with Crippen molar-refractivity contribution in [3.8, 4) is 0 Å². The third-order valence-electron chi connectivity index (χ3n) is 6.57. The lowest BCUT2D eigenvalue weighted by molar-refractivity contribution is 0.0929. The van der Waals surface area contributed by atoms with Crippen molar-refractivity contribution in [2.24, 2.45) is 0 Å². The van der Waals surface area contributed by atoms with Gasteiger partial charge in [-0.3, -0.25) is 9.59 Å². The molecule has 2 amide bonds. The van der Waals surface area contributed by atoms with Crippen LogP contribution in [0.5, 0.6) is 0 Å². The predicted octanol–water partition coefficient (Wildman–Crippen LogP) is 4.06. The molecule has 0 saturated carbocycles. The Hall–Kier alpha value is -2.38. The lowest BCUT2D eigenvalue weighted by Crippen LogP contribution is -2.45. The second kappa shape index (κ2) is 11.7. The molecule has 0 spiro atoms. The van der Waals surface area contributed by atoms with Gasteiger partial charge in [0.2, 0.25) is 0 Å². The van der Waals surface area contributed by atoms with E-state index in [2.05, 4.69) is 36.4 Å². The fourth-order valence-electron chi connectivity index (χ4n) is 4.71. The Balaban J connectivity index is 1.29. The Kier molecular flexibility index (Phi) is 8.40. The number of amides is 2. The number of carbonyl (C=O) groups excluding carboxylic acids is 2. The van der Waals surface area contributed by atoms with Crippen LogP contribution in [0.3, 0.4) is 0 Å². The van der Waals surface area contributed by atoms with Crippen LogP contribution in [0.2, 0.25) is 0 Å². The van der Waals surface area contributed by atoms with Gasteiger partial charge in [0.15, 0.2) is 0 Å². The van der Waals surface area contributed by atoms with Crippen molar-refractivity contribution >= 4 is 33.4 Å². The first kappa shape index (κ1) is 23.8. The van der Waals surface area contributed by atoms with E-state index in [1.807, 2.05) is 48.5 Å². The minimum Gasteiger partial charge on any atom is -0.371 e. The van der Waals surface area contributed by atoms with Crippen LogP contribution in [0.1, 0.15) is 52.8 Å². The topological polar surface area (TPSA) is 64.7 Å². The zero-order valence-electron chi connectivity index (χ0n) is 19.1. The highest BCUT2D eigenvalue weighted by Crippen LogP contribution is 2.24. The summed E-state index contributed by atoms with van der Waals surface area (Å²) < 4.78 is 0.899. The maximum atomic E-state index is 12.9. The summed E-state index contributed by atoms with van der Waals surface area (Å²) in [6, 6.07) is 15.4. The molecule has 6 nitrogen and oxygen atoms in total. The molecule has 2 aromatic carbocycles. The molecule has 2 aliphatic heterocycles. The Labute approximate surface area is 204 Å². The fraction of sp³-hybridized carbons (Fsp3) is 0.462. The summed E-state index contributed by atoms with van der Waals surface area (Å²) in [6.07, 6.45) is 5.54. The normalized spacial score (nSPS) is 17.5. The van der Waals surface area contributed by atoms with E-state index in [1.165, 1.54) is 19.3 Å². The number of nitrogens with zero attached hydrogens (tertiary/aromatic N) is 2. The van der Waals surface area contributed by atoms with E-state index in [9.17, 15) is 9.59 Å². The van der Waals surface area contributed by atoms with Gasteiger partial charge in [-0.1, -0.05) is 40.5 Å². The van der Waals surface area contributed by atoms with Crippen molar-refractivity contribution in [3.63, 3.8) is 0 Å².